The molecule has 0 heterocycles. The van der Waals surface area contributed by atoms with E-state index in [2.05, 4.69) is 67.7 Å². The smallest absolute Gasteiger partial charge is 0.193 e. The number of hydrogen-bond acceptors (Lipinski definition) is 3. The molecule has 0 fully saturated rings. The molecular weight excluding hydrogens is 308 g/mol. The summed E-state index contributed by atoms with van der Waals surface area (Å²) in [6.45, 7) is 22.9. The Labute approximate surface area is 140 Å². The number of hydrogen-bond donors (Lipinski definition) is 0. The van der Waals surface area contributed by atoms with E-state index in [9.17, 15) is 4.79 Å². The minimum atomic E-state index is -1.88. The predicted octanol–water partition coefficient (Wildman–Crippen LogP) is 5.38. The van der Waals surface area contributed by atoms with Gasteiger partial charge >= 0.3 is 0 Å². The van der Waals surface area contributed by atoms with Crippen molar-refractivity contribution in [1.82, 2.24) is 0 Å². The van der Waals surface area contributed by atoms with Gasteiger partial charge in [0.05, 0.1) is 0 Å². The molecule has 0 aromatic rings. The minimum absolute atomic E-state index is 0.131. The molecule has 22 heavy (non-hydrogen) atoms. The molecule has 0 aliphatic heterocycles. The SMILES string of the molecule is CC(C)(C)[Si](C)(C)OCCC[C@H](C=O)O[Si](C)(C)C(C)(C)C. The third-order valence-electron chi connectivity index (χ3n) is 5.31. The highest BCUT2D eigenvalue weighted by Gasteiger charge is 2.39. The minimum Gasteiger partial charge on any atom is -0.417 e. The lowest BCUT2D eigenvalue weighted by molar-refractivity contribution is -0.114. The molecule has 0 aliphatic carbocycles. The first-order valence-electron chi connectivity index (χ1n) is 8.41. The Bertz CT molecular complexity index is 352. The van der Waals surface area contributed by atoms with Crippen molar-refractivity contribution in [2.45, 2.75) is 96.8 Å². The fourth-order valence-electron chi connectivity index (χ4n) is 1.54. The fourth-order valence-corrected chi connectivity index (χ4v) is 3.91. The average Bonchev–Trinajstić information content (AvgIpc) is 2.29. The van der Waals surface area contributed by atoms with E-state index in [4.69, 9.17) is 8.85 Å². The zero-order chi connectivity index (χ0) is 17.8. The van der Waals surface area contributed by atoms with Crippen molar-refractivity contribution in [3.8, 4) is 0 Å². The van der Waals surface area contributed by atoms with E-state index in [0.29, 0.717) is 0 Å². The van der Waals surface area contributed by atoms with E-state index in [1.54, 1.807) is 0 Å². The zero-order valence-electron chi connectivity index (χ0n) is 16.5. The third-order valence-corrected chi connectivity index (χ3v) is 14.3. The molecule has 0 spiro atoms. The maximum Gasteiger partial charge on any atom is 0.193 e. The lowest BCUT2D eigenvalue weighted by atomic mass is 10.2. The number of carbonyl (C=O) groups is 1. The summed E-state index contributed by atoms with van der Waals surface area (Å²) >= 11 is 0. The summed E-state index contributed by atoms with van der Waals surface area (Å²) < 4.78 is 12.3. The average molecular weight is 347 g/mol. The monoisotopic (exact) mass is 346 g/mol. The van der Waals surface area contributed by atoms with Crippen LogP contribution in [-0.4, -0.2) is 35.6 Å². The Hall–Kier alpha value is 0.0238. The van der Waals surface area contributed by atoms with Gasteiger partial charge in [-0.15, -0.1) is 0 Å². The van der Waals surface area contributed by atoms with Crippen molar-refractivity contribution in [2.24, 2.45) is 0 Å². The second kappa shape index (κ2) is 7.73. The van der Waals surface area contributed by atoms with Crippen molar-refractivity contribution in [3.63, 3.8) is 0 Å². The summed E-state index contributed by atoms with van der Waals surface area (Å²) in [7, 11) is -3.56. The van der Waals surface area contributed by atoms with E-state index in [1.165, 1.54) is 0 Å². The summed E-state index contributed by atoms with van der Waals surface area (Å²) in [4.78, 5) is 11.3. The van der Waals surface area contributed by atoms with Gasteiger partial charge in [0.1, 0.15) is 12.4 Å². The molecule has 0 saturated heterocycles. The second-order valence-corrected chi connectivity index (χ2v) is 18.9. The Kier molecular flexibility index (Phi) is 7.74. The first kappa shape index (κ1) is 22.0. The van der Waals surface area contributed by atoms with Crippen LogP contribution in [0.4, 0.5) is 0 Å². The topological polar surface area (TPSA) is 35.5 Å². The number of carbonyl (C=O) groups excluding carboxylic acids is 1. The van der Waals surface area contributed by atoms with Crippen molar-refractivity contribution >= 4 is 22.9 Å². The largest absolute Gasteiger partial charge is 0.417 e. The van der Waals surface area contributed by atoms with Gasteiger partial charge in [-0.2, -0.15) is 0 Å². The Morgan fingerprint density at radius 2 is 1.36 bits per heavy atom. The van der Waals surface area contributed by atoms with Gasteiger partial charge in [0.15, 0.2) is 16.6 Å². The summed E-state index contributed by atoms with van der Waals surface area (Å²) in [5.74, 6) is 0. The highest BCUT2D eigenvalue weighted by molar-refractivity contribution is 6.74. The van der Waals surface area contributed by atoms with Crippen molar-refractivity contribution in [2.75, 3.05) is 6.61 Å². The highest BCUT2D eigenvalue weighted by atomic mass is 28.4. The van der Waals surface area contributed by atoms with Gasteiger partial charge in [-0.3, -0.25) is 0 Å². The number of rotatable bonds is 8. The standard InChI is InChI=1S/C17H38O3Si2/c1-16(2,3)21(7,8)19-13-11-12-15(14-18)20-22(9,10)17(4,5)6/h14-15H,11-13H2,1-10H3/t15-/m1/s1. The van der Waals surface area contributed by atoms with Crippen molar-refractivity contribution in [1.29, 1.82) is 0 Å². The first-order chi connectivity index (χ1) is 9.64. The van der Waals surface area contributed by atoms with Crippen LogP contribution in [0.5, 0.6) is 0 Å². The van der Waals surface area contributed by atoms with Crippen LogP contribution in [0.15, 0.2) is 0 Å². The molecule has 0 rings (SSSR count). The summed E-state index contributed by atoms with van der Waals surface area (Å²) in [5, 5.41) is 0.362. The third kappa shape index (κ3) is 6.64. The molecule has 0 bridgehead atoms. The molecule has 0 aromatic carbocycles. The molecule has 0 saturated carbocycles. The van der Waals surface area contributed by atoms with Gasteiger partial charge in [-0.25, -0.2) is 0 Å². The molecule has 3 nitrogen and oxygen atoms in total. The van der Waals surface area contributed by atoms with Crippen molar-refractivity contribution in [3.05, 3.63) is 0 Å². The molecule has 0 aliphatic rings. The van der Waals surface area contributed by atoms with Crippen LogP contribution in [0, 0.1) is 0 Å². The van der Waals surface area contributed by atoms with Gasteiger partial charge in [-0.05, 0) is 49.1 Å². The van der Waals surface area contributed by atoms with Gasteiger partial charge in [0.2, 0.25) is 0 Å². The van der Waals surface area contributed by atoms with E-state index in [-0.39, 0.29) is 16.2 Å². The van der Waals surface area contributed by atoms with Crippen LogP contribution in [-0.2, 0) is 13.6 Å². The van der Waals surface area contributed by atoms with Crippen LogP contribution >= 0.6 is 0 Å². The molecule has 0 aromatic heterocycles. The van der Waals surface area contributed by atoms with Crippen LogP contribution in [0.2, 0.25) is 36.3 Å². The molecule has 0 amide bonds. The van der Waals surface area contributed by atoms with Crippen LogP contribution in [0.1, 0.15) is 54.4 Å². The lowest BCUT2D eigenvalue weighted by Crippen LogP contribution is -2.44. The second-order valence-electron chi connectivity index (χ2n) is 9.30. The van der Waals surface area contributed by atoms with Gasteiger partial charge < -0.3 is 13.6 Å². The maximum atomic E-state index is 11.3. The van der Waals surface area contributed by atoms with Gasteiger partial charge in [-0.1, -0.05) is 41.5 Å². The van der Waals surface area contributed by atoms with E-state index in [0.717, 1.165) is 25.7 Å². The molecule has 0 radical (unpaired) electrons. The van der Waals surface area contributed by atoms with Gasteiger partial charge in [0, 0.05) is 6.61 Å². The maximum absolute atomic E-state index is 11.3. The molecule has 0 unspecified atom stereocenters. The van der Waals surface area contributed by atoms with E-state index in [1.807, 2.05) is 0 Å². The van der Waals surface area contributed by atoms with Gasteiger partial charge in [0.25, 0.3) is 0 Å². The molecular formula is C17H38O3Si2. The first-order valence-corrected chi connectivity index (χ1v) is 14.2. The molecule has 5 heteroatoms. The van der Waals surface area contributed by atoms with Crippen LogP contribution in [0.25, 0.3) is 0 Å². The van der Waals surface area contributed by atoms with E-state index < -0.39 is 16.6 Å². The summed E-state index contributed by atoms with van der Waals surface area (Å²) in [5.41, 5.74) is 0. The summed E-state index contributed by atoms with van der Waals surface area (Å²) in [6.07, 6.45) is 2.31. The highest BCUT2D eigenvalue weighted by Crippen LogP contribution is 2.38. The fraction of sp³-hybridized carbons (Fsp3) is 0.941. The normalized spacial score (nSPS) is 15.7. The zero-order valence-corrected chi connectivity index (χ0v) is 18.5. The Balaban J connectivity index is 4.37. The van der Waals surface area contributed by atoms with E-state index >= 15 is 0 Å². The van der Waals surface area contributed by atoms with Crippen LogP contribution in [0.3, 0.4) is 0 Å². The van der Waals surface area contributed by atoms with Crippen molar-refractivity contribution < 1.29 is 13.6 Å². The lowest BCUT2D eigenvalue weighted by Gasteiger charge is -2.38. The predicted molar refractivity (Wildman–Crippen MR) is 101 cm³/mol. The Morgan fingerprint density at radius 1 is 0.909 bits per heavy atom. The molecule has 0 N–H and O–H groups in total. The summed E-state index contributed by atoms with van der Waals surface area (Å²) in [6, 6.07) is 0. The molecule has 132 valence electrons. The quantitative estimate of drug-likeness (QED) is 0.336. The molecule has 1 atom stereocenters. The Morgan fingerprint density at radius 3 is 1.73 bits per heavy atom. The van der Waals surface area contributed by atoms with Crippen LogP contribution < -0.4 is 0 Å². The number of aldehydes is 1.